The second kappa shape index (κ2) is 9.40. The third-order valence-corrected chi connectivity index (χ3v) is 5.42. The van der Waals surface area contributed by atoms with Crippen molar-refractivity contribution >= 4 is 17.6 Å². The van der Waals surface area contributed by atoms with Crippen LogP contribution in [0.3, 0.4) is 0 Å². The second-order valence-electron chi connectivity index (χ2n) is 7.38. The second-order valence-corrected chi connectivity index (χ2v) is 7.38. The number of hydrogen-bond donors (Lipinski definition) is 2. The number of hydrogen-bond acceptors (Lipinski definition) is 2. The van der Waals surface area contributed by atoms with Gasteiger partial charge >= 0.3 is 6.03 Å². The molecule has 2 aromatic carbocycles. The number of nitrogens with zero attached hydrogens (tertiary/aromatic N) is 1. The highest BCUT2D eigenvalue weighted by molar-refractivity contribution is 5.92. The van der Waals surface area contributed by atoms with E-state index in [0.29, 0.717) is 25.9 Å². The molecule has 3 amide bonds. The highest BCUT2D eigenvalue weighted by Crippen LogP contribution is 2.21. The molecule has 1 heterocycles. The highest BCUT2D eigenvalue weighted by atomic mass is 16.2. The number of urea groups is 1. The van der Waals surface area contributed by atoms with Gasteiger partial charge in [-0.2, -0.15) is 0 Å². The summed E-state index contributed by atoms with van der Waals surface area (Å²) in [5.74, 6) is -0.0149. The van der Waals surface area contributed by atoms with E-state index in [0.717, 1.165) is 17.7 Å². The Hall–Kier alpha value is -2.82. The number of amides is 3. The van der Waals surface area contributed by atoms with Gasteiger partial charge in [0.25, 0.3) is 0 Å². The molecule has 1 atom stereocenters. The van der Waals surface area contributed by atoms with Crippen LogP contribution in [-0.2, 0) is 11.2 Å². The Labute approximate surface area is 167 Å². The maximum atomic E-state index is 12.6. The van der Waals surface area contributed by atoms with Gasteiger partial charge in [0, 0.05) is 24.7 Å². The third-order valence-electron chi connectivity index (χ3n) is 5.42. The Morgan fingerprint density at radius 3 is 2.29 bits per heavy atom. The van der Waals surface area contributed by atoms with E-state index < -0.39 is 0 Å². The molecule has 0 spiro atoms. The van der Waals surface area contributed by atoms with Crippen molar-refractivity contribution in [2.75, 3.05) is 18.4 Å². The Balaban J connectivity index is 1.47. The molecule has 2 aromatic rings. The first-order chi connectivity index (χ1) is 13.6. The monoisotopic (exact) mass is 379 g/mol. The van der Waals surface area contributed by atoms with Gasteiger partial charge in [0.15, 0.2) is 0 Å². The SMILES string of the molecule is CCc1ccc(C(C)NC(=O)N2CCC(C(=O)Nc3ccccc3)CC2)cc1. The van der Waals surface area contributed by atoms with Crippen molar-refractivity contribution in [2.45, 2.75) is 39.2 Å². The molecule has 2 N–H and O–H groups in total. The van der Waals surface area contributed by atoms with Gasteiger partial charge in [0.1, 0.15) is 0 Å². The standard InChI is InChI=1S/C23H29N3O2/c1-3-18-9-11-19(12-10-18)17(2)24-23(28)26-15-13-20(14-16-26)22(27)25-21-7-5-4-6-8-21/h4-12,17,20H,3,13-16H2,1-2H3,(H,24,28)(H,25,27). The molecule has 3 rings (SSSR count). The first kappa shape index (κ1) is 19.9. The molecule has 5 nitrogen and oxygen atoms in total. The Bertz CT molecular complexity index is 781. The summed E-state index contributed by atoms with van der Waals surface area (Å²) >= 11 is 0. The molecule has 0 bridgehead atoms. The average molecular weight is 380 g/mol. The summed E-state index contributed by atoms with van der Waals surface area (Å²) in [5, 5.41) is 6.03. The fraction of sp³-hybridized carbons (Fsp3) is 0.391. The lowest BCUT2D eigenvalue weighted by atomic mass is 9.96. The van der Waals surface area contributed by atoms with E-state index in [4.69, 9.17) is 0 Å². The van der Waals surface area contributed by atoms with E-state index in [1.54, 1.807) is 0 Å². The Morgan fingerprint density at radius 1 is 1.04 bits per heavy atom. The summed E-state index contributed by atoms with van der Waals surface area (Å²) in [4.78, 5) is 26.8. The summed E-state index contributed by atoms with van der Waals surface area (Å²) < 4.78 is 0. The van der Waals surface area contributed by atoms with Gasteiger partial charge in [-0.1, -0.05) is 49.4 Å². The van der Waals surface area contributed by atoms with Gasteiger partial charge in [-0.15, -0.1) is 0 Å². The predicted molar refractivity (Wildman–Crippen MR) is 112 cm³/mol. The summed E-state index contributed by atoms with van der Waals surface area (Å²) in [7, 11) is 0. The van der Waals surface area contributed by atoms with E-state index >= 15 is 0 Å². The minimum Gasteiger partial charge on any atom is -0.331 e. The first-order valence-corrected chi connectivity index (χ1v) is 10.1. The molecule has 1 aliphatic rings. The molecule has 1 fully saturated rings. The summed E-state index contributed by atoms with van der Waals surface area (Å²) in [5.41, 5.74) is 3.20. The van der Waals surface area contributed by atoms with Crippen LogP contribution in [0.2, 0.25) is 0 Å². The van der Waals surface area contributed by atoms with Crippen molar-refractivity contribution in [1.29, 1.82) is 0 Å². The number of aryl methyl sites for hydroxylation is 1. The maximum Gasteiger partial charge on any atom is 0.317 e. The molecule has 0 radical (unpaired) electrons. The van der Waals surface area contributed by atoms with Crippen molar-refractivity contribution in [3.8, 4) is 0 Å². The lowest BCUT2D eigenvalue weighted by molar-refractivity contribution is -0.121. The average Bonchev–Trinajstić information content (AvgIpc) is 2.74. The number of rotatable bonds is 5. The van der Waals surface area contributed by atoms with Gasteiger partial charge in [-0.25, -0.2) is 4.79 Å². The number of benzene rings is 2. The molecule has 1 unspecified atom stereocenters. The minimum absolute atomic E-state index is 0.0376. The first-order valence-electron chi connectivity index (χ1n) is 10.1. The normalized spacial score (nSPS) is 15.7. The predicted octanol–water partition coefficient (Wildman–Crippen LogP) is 4.37. The van der Waals surface area contributed by atoms with Crippen LogP contribution in [0.1, 0.15) is 43.9 Å². The van der Waals surface area contributed by atoms with Crippen molar-refractivity contribution < 1.29 is 9.59 Å². The van der Waals surface area contributed by atoms with Gasteiger partial charge in [-0.05, 0) is 49.4 Å². The largest absolute Gasteiger partial charge is 0.331 e. The topological polar surface area (TPSA) is 61.4 Å². The molecular formula is C23H29N3O2. The molecular weight excluding hydrogens is 350 g/mol. The molecule has 28 heavy (non-hydrogen) atoms. The lowest BCUT2D eigenvalue weighted by Crippen LogP contribution is -2.46. The van der Waals surface area contributed by atoms with Gasteiger partial charge in [0.05, 0.1) is 6.04 Å². The lowest BCUT2D eigenvalue weighted by Gasteiger charge is -2.32. The molecule has 5 heteroatoms. The van der Waals surface area contributed by atoms with Crippen LogP contribution in [0.5, 0.6) is 0 Å². The number of carbonyl (C=O) groups is 2. The van der Waals surface area contributed by atoms with E-state index in [-0.39, 0.29) is 23.9 Å². The van der Waals surface area contributed by atoms with Crippen LogP contribution in [0.25, 0.3) is 0 Å². The van der Waals surface area contributed by atoms with E-state index in [9.17, 15) is 9.59 Å². The number of nitrogens with one attached hydrogen (secondary N) is 2. The van der Waals surface area contributed by atoms with Crippen molar-refractivity contribution in [3.63, 3.8) is 0 Å². The Kier molecular flexibility index (Phi) is 6.69. The number of carbonyl (C=O) groups excluding carboxylic acids is 2. The van der Waals surface area contributed by atoms with Crippen LogP contribution in [0.15, 0.2) is 54.6 Å². The van der Waals surface area contributed by atoms with Crippen LogP contribution in [0, 0.1) is 5.92 Å². The zero-order valence-corrected chi connectivity index (χ0v) is 16.7. The summed E-state index contributed by atoms with van der Waals surface area (Å²) in [6, 6.07) is 17.7. The van der Waals surface area contributed by atoms with Gasteiger partial charge in [-0.3, -0.25) is 4.79 Å². The third kappa shape index (κ3) is 5.12. The van der Waals surface area contributed by atoms with Gasteiger partial charge in [0.2, 0.25) is 5.91 Å². The maximum absolute atomic E-state index is 12.6. The van der Waals surface area contributed by atoms with Crippen molar-refractivity contribution in [1.82, 2.24) is 10.2 Å². The fourth-order valence-corrected chi connectivity index (χ4v) is 3.51. The van der Waals surface area contributed by atoms with Gasteiger partial charge < -0.3 is 15.5 Å². The molecule has 148 valence electrons. The summed E-state index contributed by atoms with van der Waals surface area (Å²) in [6.45, 7) is 5.32. The molecule has 0 saturated carbocycles. The highest BCUT2D eigenvalue weighted by Gasteiger charge is 2.28. The molecule has 1 saturated heterocycles. The van der Waals surface area contributed by atoms with Crippen LogP contribution in [0.4, 0.5) is 10.5 Å². The summed E-state index contributed by atoms with van der Waals surface area (Å²) in [6.07, 6.45) is 2.38. The number of likely N-dealkylation sites (tertiary alicyclic amines) is 1. The van der Waals surface area contributed by atoms with Crippen LogP contribution in [-0.4, -0.2) is 29.9 Å². The Morgan fingerprint density at radius 2 is 1.68 bits per heavy atom. The molecule has 0 aromatic heterocycles. The number of para-hydroxylation sites is 1. The van der Waals surface area contributed by atoms with E-state index in [1.165, 1.54) is 5.56 Å². The van der Waals surface area contributed by atoms with Crippen LogP contribution < -0.4 is 10.6 Å². The smallest absolute Gasteiger partial charge is 0.317 e. The molecule has 1 aliphatic heterocycles. The zero-order chi connectivity index (χ0) is 19.9. The number of piperidine rings is 1. The zero-order valence-electron chi connectivity index (χ0n) is 16.7. The van der Waals surface area contributed by atoms with E-state index in [1.807, 2.05) is 42.2 Å². The van der Waals surface area contributed by atoms with Crippen molar-refractivity contribution in [2.24, 2.45) is 5.92 Å². The molecule has 0 aliphatic carbocycles. The van der Waals surface area contributed by atoms with Crippen molar-refractivity contribution in [3.05, 3.63) is 65.7 Å². The van der Waals surface area contributed by atoms with E-state index in [2.05, 4.69) is 41.8 Å². The number of anilines is 1. The van der Waals surface area contributed by atoms with Crippen LogP contribution >= 0.6 is 0 Å². The fourth-order valence-electron chi connectivity index (χ4n) is 3.51. The minimum atomic E-state index is -0.0611. The quantitative estimate of drug-likeness (QED) is 0.810.